The topological polar surface area (TPSA) is 88.9 Å². The zero-order valence-corrected chi connectivity index (χ0v) is 21.4. The molecule has 1 heterocycles. The monoisotopic (exact) mass is 499 g/mol. The van der Waals surface area contributed by atoms with Crippen molar-refractivity contribution in [1.82, 2.24) is 20.1 Å². The molecule has 180 valence electrons. The minimum Gasteiger partial charge on any atom is -0.342 e. The Morgan fingerprint density at radius 1 is 1.09 bits per heavy atom. The van der Waals surface area contributed by atoms with E-state index in [1.165, 1.54) is 11.8 Å². The minimum atomic E-state index is -0.346. The molecule has 7 nitrogen and oxygen atoms in total. The van der Waals surface area contributed by atoms with Crippen LogP contribution in [-0.2, 0) is 18.3 Å². The highest BCUT2D eigenvalue weighted by Gasteiger charge is 2.24. The van der Waals surface area contributed by atoms with E-state index in [9.17, 15) is 9.59 Å². The molecule has 0 saturated heterocycles. The van der Waals surface area contributed by atoms with E-state index in [-0.39, 0.29) is 23.6 Å². The summed E-state index contributed by atoms with van der Waals surface area (Å²) in [5.74, 6) is 0.774. The van der Waals surface area contributed by atoms with Gasteiger partial charge < -0.3 is 15.2 Å². The Morgan fingerprint density at radius 3 is 2.50 bits per heavy atom. The number of hydrogen-bond acceptors (Lipinski definition) is 5. The highest BCUT2D eigenvalue weighted by atomic mass is 35.5. The Bertz CT molecular complexity index is 1150. The summed E-state index contributed by atoms with van der Waals surface area (Å²) in [6, 6.07) is 14.4. The smallest absolute Gasteiger partial charge is 0.253 e. The first-order valence-electron chi connectivity index (χ1n) is 11.2. The Kier molecular flexibility index (Phi) is 9.12. The molecule has 0 aliphatic heterocycles. The summed E-state index contributed by atoms with van der Waals surface area (Å²) >= 11 is 7.51. The summed E-state index contributed by atoms with van der Waals surface area (Å²) in [5, 5.41) is 15.6. The van der Waals surface area contributed by atoms with Gasteiger partial charge in [0.15, 0.2) is 11.0 Å². The second-order valence-electron chi connectivity index (χ2n) is 8.38. The lowest BCUT2D eigenvalue weighted by Crippen LogP contribution is -2.31. The molecule has 0 bridgehead atoms. The number of thioether (sulfide) groups is 1. The maximum atomic E-state index is 12.9. The average Bonchev–Trinajstić information content (AvgIpc) is 3.17. The first-order chi connectivity index (χ1) is 16.3. The Balaban J connectivity index is 1.69. The number of carbonyl (C=O) groups excluding carboxylic acids is 2. The van der Waals surface area contributed by atoms with Crippen LogP contribution in [0.25, 0.3) is 0 Å². The molecular formula is C25H30ClN5O2S. The Labute approximate surface area is 209 Å². The van der Waals surface area contributed by atoms with E-state index in [1.54, 1.807) is 24.3 Å². The van der Waals surface area contributed by atoms with E-state index in [4.69, 9.17) is 11.6 Å². The number of anilines is 1. The molecule has 1 aromatic heterocycles. The SMILES string of the molecule is CCc1ccccc1NC(=O)CSc1nnc(C(CC(C)C)NC(=O)c2ccccc2Cl)n1C. The third-order valence-corrected chi connectivity index (χ3v) is 6.67. The van der Waals surface area contributed by atoms with Crippen molar-refractivity contribution in [1.29, 1.82) is 0 Å². The van der Waals surface area contributed by atoms with Crippen molar-refractivity contribution >= 4 is 40.9 Å². The van der Waals surface area contributed by atoms with Crippen molar-refractivity contribution in [2.75, 3.05) is 11.1 Å². The number of amides is 2. The van der Waals surface area contributed by atoms with Gasteiger partial charge in [0.1, 0.15) is 0 Å². The van der Waals surface area contributed by atoms with Gasteiger partial charge in [-0.15, -0.1) is 10.2 Å². The van der Waals surface area contributed by atoms with Gasteiger partial charge in [-0.25, -0.2) is 0 Å². The van der Waals surface area contributed by atoms with E-state index >= 15 is 0 Å². The first kappa shape index (κ1) is 25.8. The molecule has 0 aliphatic carbocycles. The maximum absolute atomic E-state index is 12.9. The standard InChI is InChI=1S/C25H30ClN5O2S/c1-5-17-10-6-9-13-20(17)27-22(32)15-34-25-30-29-23(31(25)4)21(14-16(2)3)28-24(33)18-11-7-8-12-19(18)26/h6-13,16,21H,5,14-15H2,1-4H3,(H,27,32)(H,28,33). The summed E-state index contributed by atoms with van der Waals surface area (Å²) in [5.41, 5.74) is 2.33. The average molecular weight is 500 g/mol. The number of hydrogen-bond donors (Lipinski definition) is 2. The largest absolute Gasteiger partial charge is 0.342 e. The van der Waals surface area contributed by atoms with Crippen molar-refractivity contribution in [3.05, 3.63) is 70.5 Å². The van der Waals surface area contributed by atoms with E-state index in [0.717, 1.165) is 17.7 Å². The van der Waals surface area contributed by atoms with Crippen LogP contribution >= 0.6 is 23.4 Å². The third-order valence-electron chi connectivity index (χ3n) is 5.32. The van der Waals surface area contributed by atoms with Crippen molar-refractivity contribution in [3.63, 3.8) is 0 Å². The van der Waals surface area contributed by atoms with Crippen LogP contribution < -0.4 is 10.6 Å². The quantitative estimate of drug-likeness (QED) is 0.370. The molecule has 0 radical (unpaired) electrons. The van der Waals surface area contributed by atoms with Crippen LogP contribution in [0, 0.1) is 5.92 Å². The molecular weight excluding hydrogens is 470 g/mol. The predicted octanol–water partition coefficient (Wildman–Crippen LogP) is 5.28. The van der Waals surface area contributed by atoms with E-state index < -0.39 is 0 Å². The number of aromatic nitrogens is 3. The molecule has 9 heteroatoms. The highest BCUT2D eigenvalue weighted by Crippen LogP contribution is 2.25. The normalized spacial score (nSPS) is 11.9. The number of nitrogens with zero attached hydrogens (tertiary/aromatic N) is 3. The van der Waals surface area contributed by atoms with Gasteiger partial charge in [0, 0.05) is 12.7 Å². The molecule has 1 atom stereocenters. The summed E-state index contributed by atoms with van der Waals surface area (Å²) in [4.78, 5) is 25.4. The predicted molar refractivity (Wildman–Crippen MR) is 137 cm³/mol. The summed E-state index contributed by atoms with van der Waals surface area (Å²) in [6.45, 7) is 6.22. The lowest BCUT2D eigenvalue weighted by atomic mass is 10.0. The number of carbonyl (C=O) groups is 2. The molecule has 2 aromatic carbocycles. The zero-order valence-electron chi connectivity index (χ0n) is 19.8. The molecule has 34 heavy (non-hydrogen) atoms. The maximum Gasteiger partial charge on any atom is 0.253 e. The van der Waals surface area contributed by atoms with Crippen LogP contribution in [0.1, 0.15) is 55.0 Å². The first-order valence-corrected chi connectivity index (χ1v) is 12.6. The molecule has 3 rings (SSSR count). The number of aryl methyl sites for hydroxylation is 1. The number of rotatable bonds is 10. The van der Waals surface area contributed by atoms with Gasteiger partial charge in [0.2, 0.25) is 5.91 Å². The fourth-order valence-corrected chi connectivity index (χ4v) is 4.54. The Hall–Kier alpha value is -2.84. The number of halogens is 1. The van der Waals surface area contributed by atoms with Gasteiger partial charge in [-0.2, -0.15) is 0 Å². The molecule has 0 spiro atoms. The zero-order chi connectivity index (χ0) is 24.7. The van der Waals surface area contributed by atoms with Crippen molar-refractivity contribution in [3.8, 4) is 0 Å². The molecule has 3 aromatic rings. The van der Waals surface area contributed by atoms with Gasteiger partial charge in [-0.3, -0.25) is 9.59 Å². The molecule has 2 amide bonds. The minimum absolute atomic E-state index is 0.110. The van der Waals surface area contributed by atoms with Crippen LogP contribution in [0.15, 0.2) is 53.7 Å². The van der Waals surface area contributed by atoms with Crippen LogP contribution in [0.2, 0.25) is 5.02 Å². The molecule has 1 unspecified atom stereocenters. The fourth-order valence-electron chi connectivity index (χ4n) is 3.60. The highest BCUT2D eigenvalue weighted by molar-refractivity contribution is 7.99. The molecule has 0 aliphatic rings. The van der Waals surface area contributed by atoms with E-state index in [1.807, 2.05) is 35.9 Å². The molecule has 0 fully saturated rings. The van der Waals surface area contributed by atoms with Crippen molar-refractivity contribution in [2.24, 2.45) is 13.0 Å². The summed E-state index contributed by atoms with van der Waals surface area (Å²) in [6.07, 6.45) is 1.52. The number of para-hydroxylation sites is 1. The van der Waals surface area contributed by atoms with Crippen LogP contribution in [-0.4, -0.2) is 32.3 Å². The van der Waals surface area contributed by atoms with Crippen LogP contribution in [0.4, 0.5) is 5.69 Å². The molecule has 0 saturated carbocycles. The van der Waals surface area contributed by atoms with Gasteiger partial charge >= 0.3 is 0 Å². The second-order valence-corrected chi connectivity index (χ2v) is 9.73. The van der Waals surface area contributed by atoms with Crippen molar-refractivity contribution < 1.29 is 9.59 Å². The fraction of sp³-hybridized carbons (Fsp3) is 0.360. The summed E-state index contributed by atoms with van der Waals surface area (Å²) in [7, 11) is 1.84. The van der Waals surface area contributed by atoms with Gasteiger partial charge in [-0.05, 0) is 42.5 Å². The third kappa shape index (κ3) is 6.61. The van der Waals surface area contributed by atoms with E-state index in [0.29, 0.717) is 33.9 Å². The van der Waals surface area contributed by atoms with Gasteiger partial charge in [0.05, 0.1) is 22.4 Å². The lowest BCUT2D eigenvalue weighted by molar-refractivity contribution is -0.113. The summed E-state index contributed by atoms with van der Waals surface area (Å²) < 4.78 is 1.83. The lowest BCUT2D eigenvalue weighted by Gasteiger charge is -2.20. The van der Waals surface area contributed by atoms with Crippen molar-refractivity contribution in [2.45, 2.75) is 44.8 Å². The van der Waals surface area contributed by atoms with Crippen LogP contribution in [0.5, 0.6) is 0 Å². The van der Waals surface area contributed by atoms with Gasteiger partial charge in [-0.1, -0.05) is 74.5 Å². The Morgan fingerprint density at radius 2 is 1.79 bits per heavy atom. The number of benzene rings is 2. The molecule has 2 N–H and O–H groups in total. The van der Waals surface area contributed by atoms with E-state index in [2.05, 4.69) is 41.6 Å². The number of nitrogens with one attached hydrogen (secondary N) is 2. The van der Waals surface area contributed by atoms with Gasteiger partial charge in [0.25, 0.3) is 5.91 Å². The second kappa shape index (κ2) is 12.0. The van der Waals surface area contributed by atoms with Crippen LogP contribution in [0.3, 0.4) is 0 Å².